The van der Waals surface area contributed by atoms with Gasteiger partial charge in [-0.1, -0.05) is 22.0 Å². The maximum atomic E-state index is 13.2. The lowest BCUT2D eigenvalue weighted by atomic mass is 10.1. The number of nitrogens with one attached hydrogen (secondary N) is 1. The Kier molecular flexibility index (Phi) is 3.31. The van der Waals surface area contributed by atoms with Gasteiger partial charge in [-0.15, -0.1) is 0 Å². The molecule has 1 N–H and O–H groups in total. The van der Waals surface area contributed by atoms with E-state index in [-0.39, 0.29) is 11.9 Å². The lowest BCUT2D eigenvalue weighted by molar-refractivity contribution is 0.626. The average molecular weight is 320 g/mol. The number of hydrogen-bond acceptors (Lipinski definition) is 1. The van der Waals surface area contributed by atoms with Crippen molar-refractivity contribution in [3.8, 4) is 0 Å². The molecule has 0 fully saturated rings. The minimum absolute atomic E-state index is 0.141. The molecule has 0 heterocycles. The molecule has 3 rings (SSSR count). The standard InChI is InChI=1S/C16H15BrFN/c1-10-6-12(17)9-14(7-10)19-16-5-2-11-8-13(18)3-4-15(11)16/h3-4,6-9,16,19H,2,5H2,1H3. The quantitative estimate of drug-likeness (QED) is 0.821. The molecule has 1 aliphatic carbocycles. The summed E-state index contributed by atoms with van der Waals surface area (Å²) in [6, 6.07) is 11.7. The van der Waals surface area contributed by atoms with Crippen LogP contribution in [-0.4, -0.2) is 0 Å². The van der Waals surface area contributed by atoms with E-state index in [1.807, 2.05) is 6.07 Å². The monoisotopic (exact) mass is 319 g/mol. The fourth-order valence-corrected chi connectivity index (χ4v) is 3.36. The zero-order chi connectivity index (χ0) is 13.4. The molecule has 19 heavy (non-hydrogen) atoms. The third-order valence-corrected chi connectivity index (χ3v) is 4.02. The maximum Gasteiger partial charge on any atom is 0.123 e. The smallest absolute Gasteiger partial charge is 0.123 e. The minimum atomic E-state index is -0.141. The molecule has 0 spiro atoms. The van der Waals surface area contributed by atoms with Crippen LogP contribution >= 0.6 is 15.9 Å². The Balaban J connectivity index is 1.86. The van der Waals surface area contributed by atoms with Gasteiger partial charge in [0.2, 0.25) is 0 Å². The summed E-state index contributed by atoms with van der Waals surface area (Å²) in [5.41, 5.74) is 4.67. The molecule has 2 aromatic rings. The normalized spacial score (nSPS) is 17.3. The third-order valence-electron chi connectivity index (χ3n) is 3.57. The molecule has 0 radical (unpaired) electrons. The SMILES string of the molecule is Cc1cc(Br)cc(NC2CCc3cc(F)ccc32)c1. The predicted molar refractivity (Wildman–Crippen MR) is 80.0 cm³/mol. The van der Waals surface area contributed by atoms with E-state index < -0.39 is 0 Å². The molecule has 1 aliphatic rings. The van der Waals surface area contributed by atoms with Crippen molar-refractivity contribution in [1.82, 2.24) is 0 Å². The van der Waals surface area contributed by atoms with Gasteiger partial charge in [-0.2, -0.15) is 0 Å². The highest BCUT2D eigenvalue weighted by Crippen LogP contribution is 2.34. The Morgan fingerprint density at radius 2 is 2.05 bits per heavy atom. The number of hydrogen-bond donors (Lipinski definition) is 1. The summed E-state index contributed by atoms with van der Waals surface area (Å²) in [5.74, 6) is -0.141. The molecular weight excluding hydrogens is 305 g/mol. The molecule has 3 heteroatoms. The molecule has 0 aliphatic heterocycles. The summed E-state index contributed by atoms with van der Waals surface area (Å²) < 4.78 is 14.3. The van der Waals surface area contributed by atoms with Crippen molar-refractivity contribution in [1.29, 1.82) is 0 Å². The first-order chi connectivity index (χ1) is 9.11. The van der Waals surface area contributed by atoms with E-state index in [0.717, 1.165) is 28.6 Å². The number of aryl methyl sites for hydroxylation is 2. The van der Waals surface area contributed by atoms with Crippen molar-refractivity contribution in [2.75, 3.05) is 5.32 Å². The van der Waals surface area contributed by atoms with Crippen molar-refractivity contribution in [3.63, 3.8) is 0 Å². The molecule has 0 saturated carbocycles. The summed E-state index contributed by atoms with van der Waals surface area (Å²) in [7, 11) is 0. The van der Waals surface area contributed by atoms with E-state index in [4.69, 9.17) is 0 Å². The summed E-state index contributed by atoms with van der Waals surface area (Å²) in [6.45, 7) is 2.08. The Hall–Kier alpha value is -1.35. The van der Waals surface area contributed by atoms with Gasteiger partial charge in [0.05, 0.1) is 6.04 Å². The topological polar surface area (TPSA) is 12.0 Å². The zero-order valence-electron chi connectivity index (χ0n) is 10.7. The van der Waals surface area contributed by atoms with Crippen LogP contribution < -0.4 is 5.32 Å². The number of anilines is 1. The molecule has 1 unspecified atom stereocenters. The highest BCUT2D eigenvalue weighted by molar-refractivity contribution is 9.10. The van der Waals surface area contributed by atoms with E-state index in [1.165, 1.54) is 11.1 Å². The van der Waals surface area contributed by atoms with Gasteiger partial charge in [0.15, 0.2) is 0 Å². The number of fused-ring (bicyclic) bond motifs is 1. The van der Waals surface area contributed by atoms with Gasteiger partial charge in [-0.05, 0) is 66.8 Å². The molecule has 0 saturated heterocycles. The van der Waals surface area contributed by atoms with Crippen LogP contribution in [0.5, 0.6) is 0 Å². The molecule has 0 amide bonds. The molecule has 2 aromatic carbocycles. The fourth-order valence-electron chi connectivity index (χ4n) is 2.76. The van der Waals surface area contributed by atoms with Crippen LogP contribution in [0.1, 0.15) is 29.2 Å². The second-order valence-corrected chi connectivity index (χ2v) is 6.01. The summed E-state index contributed by atoms with van der Waals surface area (Å²) in [4.78, 5) is 0. The second-order valence-electron chi connectivity index (χ2n) is 5.10. The Morgan fingerprint density at radius 3 is 2.84 bits per heavy atom. The molecule has 1 atom stereocenters. The van der Waals surface area contributed by atoms with Gasteiger partial charge in [-0.3, -0.25) is 0 Å². The van der Waals surface area contributed by atoms with E-state index in [9.17, 15) is 4.39 Å². The fraction of sp³-hybridized carbons (Fsp3) is 0.250. The van der Waals surface area contributed by atoms with E-state index in [0.29, 0.717) is 0 Å². The third kappa shape index (κ3) is 2.66. The number of rotatable bonds is 2. The lowest BCUT2D eigenvalue weighted by Gasteiger charge is -2.16. The van der Waals surface area contributed by atoms with Crippen molar-refractivity contribution in [2.45, 2.75) is 25.8 Å². The first-order valence-electron chi connectivity index (χ1n) is 6.44. The van der Waals surface area contributed by atoms with Crippen molar-refractivity contribution in [2.24, 2.45) is 0 Å². The lowest BCUT2D eigenvalue weighted by Crippen LogP contribution is -2.07. The Morgan fingerprint density at radius 1 is 1.21 bits per heavy atom. The van der Waals surface area contributed by atoms with Gasteiger partial charge in [0.25, 0.3) is 0 Å². The van der Waals surface area contributed by atoms with Crippen LogP contribution in [0.15, 0.2) is 40.9 Å². The van der Waals surface area contributed by atoms with Crippen LogP contribution in [0.3, 0.4) is 0 Å². The van der Waals surface area contributed by atoms with Gasteiger partial charge < -0.3 is 5.32 Å². The summed E-state index contributed by atoms with van der Waals surface area (Å²) in [5, 5.41) is 3.55. The van der Waals surface area contributed by atoms with Gasteiger partial charge >= 0.3 is 0 Å². The molecule has 0 bridgehead atoms. The van der Waals surface area contributed by atoms with Crippen molar-refractivity contribution in [3.05, 3.63) is 63.4 Å². The van der Waals surface area contributed by atoms with Crippen LogP contribution in [-0.2, 0) is 6.42 Å². The highest BCUT2D eigenvalue weighted by atomic mass is 79.9. The van der Waals surface area contributed by atoms with Crippen LogP contribution in [0.2, 0.25) is 0 Å². The van der Waals surface area contributed by atoms with E-state index in [1.54, 1.807) is 12.1 Å². The second kappa shape index (κ2) is 4.97. The average Bonchev–Trinajstić information content (AvgIpc) is 2.70. The first-order valence-corrected chi connectivity index (χ1v) is 7.23. The number of benzene rings is 2. The predicted octanol–water partition coefficient (Wildman–Crippen LogP) is 5.00. The highest BCUT2D eigenvalue weighted by Gasteiger charge is 2.22. The van der Waals surface area contributed by atoms with Crippen molar-refractivity contribution < 1.29 is 4.39 Å². The van der Waals surface area contributed by atoms with Crippen LogP contribution in [0, 0.1) is 12.7 Å². The first kappa shape index (κ1) is 12.7. The molecular formula is C16H15BrFN. The minimum Gasteiger partial charge on any atom is -0.378 e. The maximum absolute atomic E-state index is 13.2. The molecule has 1 nitrogen and oxygen atoms in total. The van der Waals surface area contributed by atoms with Crippen molar-refractivity contribution >= 4 is 21.6 Å². The van der Waals surface area contributed by atoms with Gasteiger partial charge in [-0.25, -0.2) is 4.39 Å². The van der Waals surface area contributed by atoms with Crippen LogP contribution in [0.4, 0.5) is 10.1 Å². The Bertz CT molecular complexity index is 604. The van der Waals surface area contributed by atoms with Gasteiger partial charge in [0, 0.05) is 10.2 Å². The van der Waals surface area contributed by atoms with Gasteiger partial charge in [0.1, 0.15) is 5.82 Å². The number of halogens is 2. The van der Waals surface area contributed by atoms with E-state index >= 15 is 0 Å². The van der Waals surface area contributed by atoms with Crippen LogP contribution in [0.25, 0.3) is 0 Å². The zero-order valence-corrected chi connectivity index (χ0v) is 12.3. The molecule has 98 valence electrons. The summed E-state index contributed by atoms with van der Waals surface area (Å²) in [6.07, 6.45) is 1.96. The Labute approximate surface area is 121 Å². The largest absolute Gasteiger partial charge is 0.378 e. The van der Waals surface area contributed by atoms with E-state index in [2.05, 4.69) is 46.4 Å². The molecule has 0 aromatic heterocycles. The summed E-state index contributed by atoms with van der Waals surface area (Å²) >= 11 is 3.51.